The van der Waals surface area contributed by atoms with Crippen LogP contribution in [0, 0.1) is 5.92 Å². The van der Waals surface area contributed by atoms with E-state index in [1.807, 2.05) is 11.3 Å². The summed E-state index contributed by atoms with van der Waals surface area (Å²) in [7, 11) is 2.06. The molecule has 1 aromatic rings. The maximum Gasteiger partial charge on any atom is 0.0929 e. The van der Waals surface area contributed by atoms with Crippen LogP contribution in [0.2, 0.25) is 0 Å². The number of nitrogens with zero attached hydrogens (tertiary/aromatic N) is 1. The number of rotatable bonds is 6. The molecule has 0 amide bonds. The Bertz CT molecular complexity index is 350. The molecule has 0 radical (unpaired) electrons. The maximum absolute atomic E-state index is 4.76. The van der Waals surface area contributed by atoms with E-state index in [4.69, 9.17) is 4.98 Å². The van der Waals surface area contributed by atoms with E-state index in [1.165, 1.54) is 23.5 Å². The number of hydrogen-bond acceptors (Lipinski definition) is 3. The van der Waals surface area contributed by atoms with E-state index in [0.29, 0.717) is 6.04 Å². The van der Waals surface area contributed by atoms with Gasteiger partial charge in [0.1, 0.15) is 0 Å². The fourth-order valence-electron chi connectivity index (χ4n) is 2.02. The lowest BCUT2D eigenvalue weighted by Crippen LogP contribution is -2.27. The zero-order valence-electron chi connectivity index (χ0n) is 12.7. The summed E-state index contributed by atoms with van der Waals surface area (Å²) >= 11 is 1.81. The van der Waals surface area contributed by atoms with Crippen LogP contribution >= 0.6 is 11.3 Å². The third kappa shape index (κ3) is 5.07. The predicted molar refractivity (Wildman–Crippen MR) is 81.4 cm³/mol. The molecule has 2 nitrogen and oxygen atoms in total. The van der Waals surface area contributed by atoms with Crippen molar-refractivity contribution in [2.24, 2.45) is 5.92 Å². The van der Waals surface area contributed by atoms with Gasteiger partial charge in [-0.25, -0.2) is 4.98 Å². The van der Waals surface area contributed by atoms with E-state index in [0.717, 1.165) is 12.3 Å². The van der Waals surface area contributed by atoms with Crippen molar-refractivity contribution in [3.05, 3.63) is 16.1 Å². The molecule has 0 saturated heterocycles. The number of aromatic nitrogens is 1. The van der Waals surface area contributed by atoms with Crippen molar-refractivity contribution in [1.29, 1.82) is 0 Å². The zero-order chi connectivity index (χ0) is 13.8. The van der Waals surface area contributed by atoms with E-state index < -0.39 is 0 Å². The molecular formula is C15H28N2S. The summed E-state index contributed by atoms with van der Waals surface area (Å²) in [4.78, 5) is 4.76. The van der Waals surface area contributed by atoms with Crippen LogP contribution in [-0.2, 0) is 11.8 Å². The first-order valence-electron chi connectivity index (χ1n) is 6.95. The summed E-state index contributed by atoms with van der Waals surface area (Å²) in [6.07, 6.45) is 3.53. The average Bonchev–Trinajstić information content (AvgIpc) is 2.71. The van der Waals surface area contributed by atoms with Gasteiger partial charge in [0.25, 0.3) is 0 Å². The van der Waals surface area contributed by atoms with Gasteiger partial charge in [0, 0.05) is 23.3 Å². The smallest absolute Gasteiger partial charge is 0.0929 e. The molecule has 0 aromatic carbocycles. The van der Waals surface area contributed by atoms with Crippen molar-refractivity contribution in [3.63, 3.8) is 0 Å². The van der Waals surface area contributed by atoms with E-state index in [2.05, 4.69) is 52.4 Å². The Hall–Kier alpha value is -0.410. The zero-order valence-corrected chi connectivity index (χ0v) is 13.5. The lowest BCUT2D eigenvalue weighted by Gasteiger charge is -2.17. The van der Waals surface area contributed by atoms with Crippen LogP contribution in [0.25, 0.3) is 0 Å². The Morgan fingerprint density at radius 2 is 2.00 bits per heavy atom. The molecule has 0 bridgehead atoms. The summed E-state index contributed by atoms with van der Waals surface area (Å²) in [5.41, 5.74) is 1.40. The highest BCUT2D eigenvalue weighted by atomic mass is 32.1. The molecule has 0 saturated carbocycles. The largest absolute Gasteiger partial charge is 0.317 e. The van der Waals surface area contributed by atoms with E-state index in [9.17, 15) is 0 Å². The molecule has 1 unspecified atom stereocenters. The minimum absolute atomic E-state index is 0.176. The Morgan fingerprint density at radius 3 is 2.44 bits per heavy atom. The summed E-state index contributed by atoms with van der Waals surface area (Å²) in [6, 6.07) is 0.618. The highest BCUT2D eigenvalue weighted by Crippen LogP contribution is 2.24. The lowest BCUT2D eigenvalue weighted by atomic mass is 9.93. The molecule has 3 heteroatoms. The average molecular weight is 268 g/mol. The standard InChI is InChI=1S/C15H28N2S/c1-11(2)9-12(16-6)7-8-14-17-13(10-18-14)15(3,4)5/h10-12,16H,7-9H2,1-6H3. The second-order valence-corrected chi connectivity index (χ2v) is 7.47. The van der Waals surface area contributed by atoms with Gasteiger partial charge in [0.2, 0.25) is 0 Å². The molecular weight excluding hydrogens is 240 g/mol. The summed E-state index contributed by atoms with van der Waals surface area (Å²) in [6.45, 7) is 11.2. The minimum Gasteiger partial charge on any atom is -0.317 e. The van der Waals surface area contributed by atoms with Gasteiger partial charge in [-0.3, -0.25) is 0 Å². The molecule has 1 atom stereocenters. The second kappa shape index (κ2) is 6.67. The summed E-state index contributed by atoms with van der Waals surface area (Å²) in [5, 5.41) is 6.91. The van der Waals surface area contributed by atoms with Gasteiger partial charge in [-0.15, -0.1) is 11.3 Å². The molecule has 1 rings (SSSR count). The molecule has 104 valence electrons. The van der Waals surface area contributed by atoms with Crippen molar-refractivity contribution in [3.8, 4) is 0 Å². The minimum atomic E-state index is 0.176. The predicted octanol–water partition coefficient (Wildman–Crippen LogP) is 4.01. The van der Waals surface area contributed by atoms with Gasteiger partial charge in [0.05, 0.1) is 10.7 Å². The maximum atomic E-state index is 4.76. The molecule has 0 spiro atoms. The number of hydrogen-bond donors (Lipinski definition) is 1. The number of aryl methyl sites for hydroxylation is 1. The summed E-state index contributed by atoms with van der Waals surface area (Å²) < 4.78 is 0. The van der Waals surface area contributed by atoms with E-state index >= 15 is 0 Å². The molecule has 0 aliphatic carbocycles. The quantitative estimate of drug-likeness (QED) is 0.843. The van der Waals surface area contributed by atoms with Crippen LogP contribution in [0.1, 0.15) is 58.2 Å². The monoisotopic (exact) mass is 268 g/mol. The van der Waals surface area contributed by atoms with Crippen molar-refractivity contribution in [2.75, 3.05) is 7.05 Å². The lowest BCUT2D eigenvalue weighted by molar-refractivity contribution is 0.421. The first-order valence-corrected chi connectivity index (χ1v) is 7.83. The molecule has 0 aliphatic heterocycles. The van der Waals surface area contributed by atoms with Crippen LogP contribution in [0.15, 0.2) is 5.38 Å². The van der Waals surface area contributed by atoms with Crippen molar-refractivity contribution in [1.82, 2.24) is 10.3 Å². The van der Waals surface area contributed by atoms with Gasteiger partial charge in [-0.2, -0.15) is 0 Å². The van der Waals surface area contributed by atoms with Crippen LogP contribution in [0.3, 0.4) is 0 Å². The Labute approximate surface area is 116 Å². The van der Waals surface area contributed by atoms with Gasteiger partial charge < -0.3 is 5.32 Å². The van der Waals surface area contributed by atoms with E-state index in [1.54, 1.807) is 0 Å². The second-order valence-electron chi connectivity index (χ2n) is 6.53. The van der Waals surface area contributed by atoms with Crippen molar-refractivity contribution >= 4 is 11.3 Å². The van der Waals surface area contributed by atoms with E-state index in [-0.39, 0.29) is 5.41 Å². The first kappa shape index (κ1) is 15.6. The first-order chi connectivity index (χ1) is 8.32. The van der Waals surface area contributed by atoms with Crippen LogP contribution < -0.4 is 5.32 Å². The Morgan fingerprint density at radius 1 is 1.33 bits per heavy atom. The topological polar surface area (TPSA) is 24.9 Å². The van der Waals surface area contributed by atoms with Crippen LogP contribution in [0.5, 0.6) is 0 Å². The Kier molecular flexibility index (Phi) is 5.80. The number of thiazole rings is 1. The van der Waals surface area contributed by atoms with Crippen molar-refractivity contribution < 1.29 is 0 Å². The van der Waals surface area contributed by atoms with Gasteiger partial charge in [0.15, 0.2) is 0 Å². The van der Waals surface area contributed by atoms with Gasteiger partial charge >= 0.3 is 0 Å². The molecule has 1 heterocycles. The van der Waals surface area contributed by atoms with Crippen molar-refractivity contribution in [2.45, 2.75) is 65.3 Å². The third-order valence-electron chi connectivity index (χ3n) is 3.19. The van der Waals surface area contributed by atoms with Crippen LogP contribution in [0.4, 0.5) is 0 Å². The Balaban J connectivity index is 2.50. The molecule has 0 aliphatic rings. The number of nitrogens with one attached hydrogen (secondary N) is 1. The highest BCUT2D eigenvalue weighted by Gasteiger charge is 2.17. The highest BCUT2D eigenvalue weighted by molar-refractivity contribution is 7.09. The van der Waals surface area contributed by atoms with Crippen LogP contribution in [-0.4, -0.2) is 18.1 Å². The fraction of sp³-hybridized carbons (Fsp3) is 0.800. The molecule has 1 aromatic heterocycles. The summed E-state index contributed by atoms with van der Waals surface area (Å²) in [5.74, 6) is 0.754. The molecule has 1 N–H and O–H groups in total. The third-order valence-corrected chi connectivity index (χ3v) is 4.10. The van der Waals surface area contributed by atoms with Gasteiger partial charge in [-0.05, 0) is 25.8 Å². The SMILES string of the molecule is CNC(CCc1nc(C(C)(C)C)cs1)CC(C)C. The normalized spacial score (nSPS) is 14.2. The fourth-order valence-corrected chi connectivity index (χ4v) is 3.06. The molecule has 0 fully saturated rings. The molecule has 18 heavy (non-hydrogen) atoms. The van der Waals surface area contributed by atoms with Gasteiger partial charge in [-0.1, -0.05) is 34.6 Å².